The maximum atomic E-state index is 13.7. The first-order valence-corrected chi connectivity index (χ1v) is 12.2. The van der Waals surface area contributed by atoms with Crippen molar-refractivity contribution in [3.05, 3.63) is 99.5 Å². The first kappa shape index (κ1) is 26.6. The fraction of sp³-hybridized carbons (Fsp3) is 0.286. The lowest BCUT2D eigenvalue weighted by Gasteiger charge is -2.32. The molecular weight excluding hydrogens is 483 g/mol. The molecule has 7 heteroatoms. The van der Waals surface area contributed by atoms with Crippen LogP contribution in [0.15, 0.2) is 72.8 Å². The summed E-state index contributed by atoms with van der Waals surface area (Å²) in [5.74, 6) is 0.297. The van der Waals surface area contributed by atoms with Crippen LogP contribution in [-0.4, -0.2) is 35.9 Å². The third kappa shape index (κ3) is 7.74. The Kier molecular flexibility index (Phi) is 9.58. The van der Waals surface area contributed by atoms with Gasteiger partial charge in [-0.25, -0.2) is 0 Å². The normalized spacial score (nSPS) is 11.7. The van der Waals surface area contributed by atoms with E-state index in [2.05, 4.69) is 5.32 Å². The van der Waals surface area contributed by atoms with Gasteiger partial charge in [-0.15, -0.1) is 0 Å². The number of nitrogens with zero attached hydrogens (tertiary/aromatic N) is 1. The summed E-state index contributed by atoms with van der Waals surface area (Å²) in [6.45, 7) is 4.06. The molecule has 0 aliphatic rings. The van der Waals surface area contributed by atoms with Crippen LogP contribution in [0.1, 0.15) is 30.5 Å². The van der Waals surface area contributed by atoms with Crippen molar-refractivity contribution in [2.75, 3.05) is 7.11 Å². The molecule has 0 heterocycles. The minimum absolute atomic E-state index is 0.0652. The predicted octanol–water partition coefficient (Wildman–Crippen LogP) is 5.71. The van der Waals surface area contributed by atoms with Gasteiger partial charge in [0.15, 0.2) is 0 Å². The van der Waals surface area contributed by atoms with Crippen LogP contribution in [0.5, 0.6) is 5.75 Å². The summed E-state index contributed by atoms with van der Waals surface area (Å²) in [5, 5.41) is 3.80. The van der Waals surface area contributed by atoms with Gasteiger partial charge < -0.3 is 15.0 Å². The highest BCUT2D eigenvalue weighted by molar-refractivity contribution is 6.42. The maximum Gasteiger partial charge on any atom is 0.243 e. The molecule has 0 aromatic heterocycles. The minimum atomic E-state index is -0.707. The van der Waals surface area contributed by atoms with Gasteiger partial charge in [-0.3, -0.25) is 9.59 Å². The lowest BCUT2D eigenvalue weighted by molar-refractivity contribution is -0.141. The minimum Gasteiger partial charge on any atom is -0.497 e. The van der Waals surface area contributed by atoms with Crippen LogP contribution in [0.4, 0.5) is 0 Å². The number of nitrogens with one attached hydrogen (secondary N) is 1. The van der Waals surface area contributed by atoms with E-state index in [9.17, 15) is 9.59 Å². The van der Waals surface area contributed by atoms with Crippen molar-refractivity contribution in [3.63, 3.8) is 0 Å². The van der Waals surface area contributed by atoms with E-state index in [4.69, 9.17) is 27.9 Å². The second kappa shape index (κ2) is 12.6. The Bertz CT molecular complexity index is 1150. The number of rotatable bonds is 10. The van der Waals surface area contributed by atoms with Gasteiger partial charge >= 0.3 is 0 Å². The summed E-state index contributed by atoms with van der Waals surface area (Å²) in [6.07, 6.45) is 0.470. The topological polar surface area (TPSA) is 58.6 Å². The summed E-state index contributed by atoms with van der Waals surface area (Å²) >= 11 is 12.2. The molecule has 3 aromatic rings. The lowest BCUT2D eigenvalue weighted by atomic mass is 10.0. The first-order chi connectivity index (χ1) is 16.8. The molecule has 0 aliphatic heterocycles. The van der Waals surface area contributed by atoms with Crippen LogP contribution in [0.2, 0.25) is 10.0 Å². The van der Waals surface area contributed by atoms with Gasteiger partial charge in [0.05, 0.1) is 23.6 Å². The van der Waals surface area contributed by atoms with Gasteiger partial charge in [0.25, 0.3) is 0 Å². The molecular formula is C28H30Cl2N2O3. The zero-order chi connectivity index (χ0) is 25.4. The van der Waals surface area contributed by atoms with Crippen molar-refractivity contribution >= 4 is 35.0 Å². The van der Waals surface area contributed by atoms with Gasteiger partial charge in [-0.1, -0.05) is 71.7 Å². The quantitative estimate of drug-likeness (QED) is 0.378. The maximum absolute atomic E-state index is 13.7. The first-order valence-electron chi connectivity index (χ1n) is 11.5. The van der Waals surface area contributed by atoms with E-state index >= 15 is 0 Å². The SMILES string of the molecule is COc1cccc(CN(C(=O)Cc2ccc(Cl)c(Cl)c2)C(Cc2ccccc2)C(=O)NC(C)C)c1. The zero-order valence-electron chi connectivity index (χ0n) is 20.1. The van der Waals surface area contributed by atoms with E-state index in [1.54, 1.807) is 30.2 Å². The third-order valence-corrected chi connectivity index (χ3v) is 6.27. The molecule has 0 saturated carbocycles. The Morgan fingerprint density at radius 3 is 2.26 bits per heavy atom. The van der Waals surface area contributed by atoms with Gasteiger partial charge in [0, 0.05) is 19.0 Å². The Labute approximate surface area is 217 Å². The van der Waals surface area contributed by atoms with Crippen LogP contribution in [0, 0.1) is 0 Å². The highest BCUT2D eigenvalue weighted by atomic mass is 35.5. The van der Waals surface area contributed by atoms with Crippen molar-refractivity contribution in [2.45, 2.75) is 45.3 Å². The number of hydrogen-bond donors (Lipinski definition) is 1. The molecule has 0 bridgehead atoms. The van der Waals surface area contributed by atoms with Gasteiger partial charge in [0.2, 0.25) is 11.8 Å². The van der Waals surface area contributed by atoms with E-state index in [1.807, 2.05) is 68.4 Å². The van der Waals surface area contributed by atoms with Crippen LogP contribution >= 0.6 is 23.2 Å². The molecule has 1 unspecified atom stereocenters. The fourth-order valence-electron chi connectivity index (χ4n) is 3.83. The van der Waals surface area contributed by atoms with E-state index in [0.29, 0.717) is 22.2 Å². The van der Waals surface area contributed by atoms with E-state index in [-0.39, 0.29) is 30.8 Å². The number of methoxy groups -OCH3 is 1. The molecule has 35 heavy (non-hydrogen) atoms. The number of hydrogen-bond acceptors (Lipinski definition) is 3. The molecule has 0 spiro atoms. The Morgan fingerprint density at radius 2 is 1.60 bits per heavy atom. The molecule has 3 aromatic carbocycles. The molecule has 1 atom stereocenters. The van der Waals surface area contributed by atoms with Crippen molar-refractivity contribution < 1.29 is 14.3 Å². The highest BCUT2D eigenvalue weighted by Gasteiger charge is 2.31. The van der Waals surface area contributed by atoms with Crippen molar-refractivity contribution in [1.29, 1.82) is 0 Å². The largest absolute Gasteiger partial charge is 0.497 e. The van der Waals surface area contributed by atoms with Crippen LogP contribution in [0.3, 0.4) is 0 Å². The fourth-order valence-corrected chi connectivity index (χ4v) is 4.15. The second-order valence-corrected chi connectivity index (χ2v) is 9.48. The summed E-state index contributed by atoms with van der Waals surface area (Å²) < 4.78 is 5.36. The Balaban J connectivity index is 1.99. The second-order valence-electron chi connectivity index (χ2n) is 8.67. The summed E-state index contributed by atoms with van der Waals surface area (Å²) in [5.41, 5.74) is 2.56. The van der Waals surface area contributed by atoms with E-state index in [1.165, 1.54) is 0 Å². The average Bonchev–Trinajstić information content (AvgIpc) is 2.84. The van der Waals surface area contributed by atoms with Crippen LogP contribution < -0.4 is 10.1 Å². The van der Waals surface area contributed by atoms with Gasteiger partial charge in [0.1, 0.15) is 11.8 Å². The van der Waals surface area contributed by atoms with Gasteiger partial charge in [-0.2, -0.15) is 0 Å². The van der Waals surface area contributed by atoms with E-state index < -0.39 is 6.04 Å². The van der Waals surface area contributed by atoms with E-state index in [0.717, 1.165) is 16.7 Å². The molecule has 3 rings (SSSR count). The summed E-state index contributed by atoms with van der Waals surface area (Å²) in [6, 6.07) is 21.6. The number of benzene rings is 3. The molecule has 0 fully saturated rings. The number of ether oxygens (including phenoxy) is 1. The zero-order valence-corrected chi connectivity index (χ0v) is 21.6. The van der Waals surface area contributed by atoms with Crippen LogP contribution in [-0.2, 0) is 29.0 Å². The monoisotopic (exact) mass is 512 g/mol. The summed E-state index contributed by atoms with van der Waals surface area (Å²) in [7, 11) is 1.60. The standard InChI is InChI=1S/C28H30Cl2N2O3/c1-19(2)31-28(34)26(16-20-8-5-4-6-9-20)32(18-22-10-7-11-23(14-22)35-3)27(33)17-21-12-13-24(29)25(30)15-21/h4-15,19,26H,16-18H2,1-3H3,(H,31,34). The van der Waals surface area contributed by atoms with Crippen molar-refractivity contribution in [3.8, 4) is 5.75 Å². The predicted molar refractivity (Wildman–Crippen MR) is 141 cm³/mol. The van der Waals surface area contributed by atoms with Crippen molar-refractivity contribution in [1.82, 2.24) is 10.2 Å². The van der Waals surface area contributed by atoms with Crippen molar-refractivity contribution in [2.24, 2.45) is 0 Å². The number of halogens is 2. The Morgan fingerprint density at radius 1 is 0.886 bits per heavy atom. The number of carbonyl (C=O) groups is 2. The molecule has 1 N–H and O–H groups in total. The molecule has 184 valence electrons. The van der Waals surface area contributed by atoms with Crippen LogP contribution in [0.25, 0.3) is 0 Å². The Hall–Kier alpha value is -3.02. The highest BCUT2D eigenvalue weighted by Crippen LogP contribution is 2.24. The average molecular weight is 513 g/mol. The number of amides is 2. The smallest absolute Gasteiger partial charge is 0.243 e. The summed E-state index contributed by atoms with van der Waals surface area (Å²) in [4.78, 5) is 28.8. The van der Waals surface area contributed by atoms with Gasteiger partial charge in [-0.05, 0) is 54.8 Å². The molecule has 0 aliphatic carbocycles. The molecule has 0 radical (unpaired) electrons. The third-order valence-electron chi connectivity index (χ3n) is 5.53. The lowest BCUT2D eigenvalue weighted by Crippen LogP contribution is -2.52. The molecule has 2 amide bonds. The molecule has 0 saturated heterocycles. The number of carbonyl (C=O) groups excluding carboxylic acids is 2. The molecule has 5 nitrogen and oxygen atoms in total.